The molecule has 1 aromatic carbocycles. The Morgan fingerprint density at radius 2 is 1.90 bits per heavy atom. The molecule has 5 heteroatoms. The third-order valence-corrected chi connectivity index (χ3v) is 5.55. The molecule has 2 rings (SSSR count). The Labute approximate surface area is 127 Å². The average Bonchev–Trinajstić information content (AvgIpc) is 3.17. The molecule has 0 saturated carbocycles. The van der Waals surface area contributed by atoms with E-state index in [2.05, 4.69) is 11.6 Å². The van der Waals surface area contributed by atoms with Crippen molar-refractivity contribution >= 4 is 10.0 Å². The van der Waals surface area contributed by atoms with Gasteiger partial charge in [0.25, 0.3) is 0 Å². The van der Waals surface area contributed by atoms with Crippen LogP contribution < -0.4 is 4.72 Å². The first-order valence-electron chi connectivity index (χ1n) is 7.60. The predicted octanol–water partition coefficient (Wildman–Crippen LogP) is 3.01. The summed E-state index contributed by atoms with van der Waals surface area (Å²) < 4.78 is 33.3. The van der Waals surface area contributed by atoms with Gasteiger partial charge >= 0.3 is 0 Å². The smallest absolute Gasteiger partial charge is 0.240 e. The second-order valence-electron chi connectivity index (χ2n) is 6.08. The van der Waals surface area contributed by atoms with Gasteiger partial charge in [0.15, 0.2) is 0 Å². The number of aryl methyl sites for hydroxylation is 1. The summed E-state index contributed by atoms with van der Waals surface area (Å²) in [6, 6.07) is 6.77. The van der Waals surface area contributed by atoms with Crippen molar-refractivity contribution < 1.29 is 13.2 Å². The minimum absolute atomic E-state index is 0.157. The van der Waals surface area contributed by atoms with Crippen molar-refractivity contribution in [3.8, 4) is 0 Å². The largest absolute Gasteiger partial charge is 0.368 e. The lowest BCUT2D eigenvalue weighted by Gasteiger charge is -2.22. The average molecular weight is 311 g/mol. The minimum Gasteiger partial charge on any atom is -0.368 e. The van der Waals surface area contributed by atoms with E-state index < -0.39 is 10.0 Å². The Kier molecular flexibility index (Phi) is 5.07. The van der Waals surface area contributed by atoms with Gasteiger partial charge in [-0.3, -0.25) is 0 Å². The molecule has 1 heterocycles. The van der Waals surface area contributed by atoms with Crippen molar-refractivity contribution in [3.63, 3.8) is 0 Å². The monoisotopic (exact) mass is 311 g/mol. The van der Waals surface area contributed by atoms with Crippen molar-refractivity contribution in [1.29, 1.82) is 0 Å². The molecular weight excluding hydrogens is 286 g/mol. The van der Waals surface area contributed by atoms with Crippen LogP contribution in [0.25, 0.3) is 0 Å². The Bertz CT molecular complexity index is 562. The topological polar surface area (TPSA) is 58.7 Å². The number of sulfonamides is 1. The lowest BCUT2D eigenvalue weighted by molar-refractivity contribution is 0.259. The van der Waals surface area contributed by atoms with Crippen molar-refractivity contribution in [2.24, 2.45) is 0 Å². The second kappa shape index (κ2) is 6.46. The van der Waals surface area contributed by atoms with Gasteiger partial charge in [0, 0.05) is 0 Å². The number of rotatable bonds is 8. The molecule has 0 spiro atoms. The van der Waals surface area contributed by atoms with E-state index in [1.165, 1.54) is 0 Å². The van der Waals surface area contributed by atoms with Gasteiger partial charge in [0.1, 0.15) is 5.60 Å². The fourth-order valence-corrected chi connectivity index (χ4v) is 3.75. The maximum atomic E-state index is 12.5. The molecule has 0 aliphatic carbocycles. The van der Waals surface area contributed by atoms with Crippen LogP contribution in [-0.4, -0.2) is 26.7 Å². The van der Waals surface area contributed by atoms with E-state index in [4.69, 9.17) is 4.74 Å². The molecule has 1 aliphatic heterocycles. The Morgan fingerprint density at radius 3 is 2.43 bits per heavy atom. The zero-order chi connectivity index (χ0) is 15.5. The molecule has 0 amide bonds. The third kappa shape index (κ3) is 4.28. The highest BCUT2D eigenvalue weighted by Gasteiger charge is 2.48. The highest BCUT2D eigenvalue weighted by molar-refractivity contribution is 7.89. The van der Waals surface area contributed by atoms with Crippen molar-refractivity contribution in [2.75, 3.05) is 6.61 Å². The summed E-state index contributed by atoms with van der Waals surface area (Å²) in [7, 11) is -3.49. The van der Waals surface area contributed by atoms with E-state index in [1.54, 1.807) is 12.1 Å². The van der Waals surface area contributed by atoms with Gasteiger partial charge in [-0.15, -0.1) is 0 Å². The lowest BCUT2D eigenvalue weighted by atomic mass is 9.98. The number of nitrogens with one attached hydrogen (secondary N) is 1. The molecule has 1 saturated heterocycles. The summed E-state index contributed by atoms with van der Waals surface area (Å²) >= 11 is 0. The van der Waals surface area contributed by atoms with Crippen molar-refractivity contribution in [3.05, 3.63) is 29.8 Å². The molecule has 1 N–H and O–H groups in total. The summed E-state index contributed by atoms with van der Waals surface area (Å²) in [5.41, 5.74) is 0.705. The fraction of sp³-hybridized carbons (Fsp3) is 0.625. The van der Waals surface area contributed by atoms with E-state index in [9.17, 15) is 8.42 Å². The second-order valence-corrected chi connectivity index (χ2v) is 7.80. The number of ether oxygens (including phenoxy) is 1. The lowest BCUT2D eigenvalue weighted by Crippen LogP contribution is -2.44. The SMILES string of the molecule is CCCCCC(NS(=O)(=O)c1ccc(C)cc1)[C@]1(C)CO1. The molecule has 1 fully saturated rings. The van der Waals surface area contributed by atoms with Gasteiger partial charge in [0.2, 0.25) is 10.0 Å². The van der Waals surface area contributed by atoms with Crippen LogP contribution in [0.15, 0.2) is 29.2 Å². The molecule has 0 bridgehead atoms. The van der Waals surface area contributed by atoms with E-state index in [1.807, 2.05) is 26.0 Å². The molecule has 1 aromatic rings. The van der Waals surface area contributed by atoms with Crippen LogP contribution in [0.2, 0.25) is 0 Å². The van der Waals surface area contributed by atoms with Gasteiger partial charge in [-0.25, -0.2) is 13.1 Å². The normalized spacial score (nSPS) is 23.0. The van der Waals surface area contributed by atoms with Gasteiger partial charge in [-0.2, -0.15) is 0 Å². The van der Waals surface area contributed by atoms with Crippen LogP contribution in [0.3, 0.4) is 0 Å². The highest BCUT2D eigenvalue weighted by atomic mass is 32.2. The molecule has 118 valence electrons. The van der Waals surface area contributed by atoms with Gasteiger partial charge < -0.3 is 4.74 Å². The van der Waals surface area contributed by atoms with E-state index in [0.29, 0.717) is 11.5 Å². The molecule has 1 aliphatic rings. The summed E-state index contributed by atoms with van der Waals surface area (Å²) in [6.07, 6.45) is 4.06. The number of hydrogen-bond acceptors (Lipinski definition) is 3. The number of unbranched alkanes of at least 4 members (excludes halogenated alkanes) is 2. The first-order chi connectivity index (χ1) is 9.87. The third-order valence-electron chi connectivity index (χ3n) is 4.06. The van der Waals surface area contributed by atoms with Crippen LogP contribution in [0.5, 0.6) is 0 Å². The molecule has 0 radical (unpaired) electrons. The number of epoxide rings is 1. The van der Waals surface area contributed by atoms with E-state index in [-0.39, 0.29) is 11.6 Å². The molecular formula is C16H25NO3S. The van der Waals surface area contributed by atoms with Gasteiger partial charge in [0.05, 0.1) is 17.5 Å². The standard InChI is InChI=1S/C16H25NO3S/c1-4-5-6-7-15(16(3)12-20-16)17-21(18,19)14-10-8-13(2)9-11-14/h8-11,15,17H,4-7,12H2,1-3H3/t15?,16-/m0/s1. The minimum atomic E-state index is -3.49. The molecule has 2 atom stereocenters. The zero-order valence-corrected chi connectivity index (χ0v) is 13.9. The van der Waals surface area contributed by atoms with Crippen molar-refractivity contribution in [1.82, 2.24) is 4.72 Å². The maximum absolute atomic E-state index is 12.5. The molecule has 4 nitrogen and oxygen atoms in total. The van der Waals surface area contributed by atoms with Crippen LogP contribution in [0.4, 0.5) is 0 Å². The number of hydrogen-bond donors (Lipinski definition) is 1. The number of benzene rings is 1. The van der Waals surface area contributed by atoms with Gasteiger partial charge in [-0.05, 0) is 32.4 Å². The van der Waals surface area contributed by atoms with Crippen molar-refractivity contribution in [2.45, 2.75) is 63.0 Å². The molecule has 1 unspecified atom stereocenters. The highest BCUT2D eigenvalue weighted by Crippen LogP contribution is 2.33. The first-order valence-corrected chi connectivity index (χ1v) is 9.09. The van der Waals surface area contributed by atoms with E-state index in [0.717, 1.165) is 31.2 Å². The van der Waals surface area contributed by atoms with Crippen LogP contribution in [0, 0.1) is 6.92 Å². The van der Waals surface area contributed by atoms with E-state index >= 15 is 0 Å². The Hall–Kier alpha value is -0.910. The maximum Gasteiger partial charge on any atom is 0.240 e. The summed E-state index contributed by atoms with van der Waals surface area (Å²) in [6.45, 7) is 6.68. The molecule has 0 aromatic heterocycles. The molecule has 21 heavy (non-hydrogen) atoms. The Balaban J connectivity index is 2.09. The van der Waals surface area contributed by atoms with Crippen LogP contribution >= 0.6 is 0 Å². The zero-order valence-electron chi connectivity index (χ0n) is 13.1. The Morgan fingerprint density at radius 1 is 1.29 bits per heavy atom. The quantitative estimate of drug-likeness (QED) is 0.593. The fourth-order valence-electron chi connectivity index (χ4n) is 2.38. The predicted molar refractivity (Wildman–Crippen MR) is 83.8 cm³/mol. The van der Waals surface area contributed by atoms with Crippen LogP contribution in [-0.2, 0) is 14.8 Å². The summed E-state index contributed by atoms with van der Waals surface area (Å²) in [4.78, 5) is 0.317. The first kappa shape index (κ1) is 16.5. The summed E-state index contributed by atoms with van der Waals surface area (Å²) in [5, 5.41) is 0. The van der Waals surface area contributed by atoms with Crippen LogP contribution in [0.1, 0.15) is 45.1 Å². The van der Waals surface area contributed by atoms with Gasteiger partial charge in [-0.1, -0.05) is 43.9 Å². The summed E-state index contributed by atoms with van der Waals surface area (Å²) in [5.74, 6) is 0.